The molecule has 34 heavy (non-hydrogen) atoms. The lowest BCUT2D eigenvalue weighted by Crippen LogP contribution is -2.33. The van der Waals surface area contributed by atoms with Crippen LogP contribution in [0.4, 0.5) is 17.1 Å². The molecule has 0 spiro atoms. The Kier molecular flexibility index (Phi) is 5.84. The molecule has 0 saturated carbocycles. The lowest BCUT2D eigenvalue weighted by Gasteiger charge is -2.21. The molecule has 2 N–H and O–H groups in total. The van der Waals surface area contributed by atoms with Crippen molar-refractivity contribution >= 4 is 28.5 Å². The second-order valence-electron chi connectivity index (χ2n) is 8.70. The van der Waals surface area contributed by atoms with Crippen LogP contribution in [0.3, 0.4) is 0 Å². The highest BCUT2D eigenvalue weighted by Crippen LogP contribution is 2.35. The number of amides is 1. The summed E-state index contributed by atoms with van der Waals surface area (Å²) in [5.74, 6) is 1.63. The van der Waals surface area contributed by atoms with Gasteiger partial charge in [0.2, 0.25) is 0 Å². The fourth-order valence-electron chi connectivity index (χ4n) is 4.58. The van der Waals surface area contributed by atoms with Gasteiger partial charge in [-0.05, 0) is 68.7 Å². The van der Waals surface area contributed by atoms with Gasteiger partial charge in [-0.3, -0.25) is 4.79 Å². The normalized spacial score (nSPS) is 15.5. The molecule has 1 atom stereocenters. The fourth-order valence-corrected chi connectivity index (χ4v) is 4.58. The van der Waals surface area contributed by atoms with Gasteiger partial charge in [-0.15, -0.1) is 0 Å². The maximum Gasteiger partial charge on any atom is 0.256 e. The Morgan fingerprint density at radius 3 is 2.50 bits per heavy atom. The number of rotatable bonds is 6. The van der Waals surface area contributed by atoms with E-state index in [0.717, 1.165) is 59.0 Å². The van der Waals surface area contributed by atoms with Crippen LogP contribution in [0.25, 0.3) is 5.52 Å². The molecule has 7 heteroatoms. The molecule has 174 valence electrons. The standard InChI is InChI=1S/C27H29N5O2/c1-18-8-7-15-31(18)27(33)23-17-32-26(19(23)2)25(24(28-3)16-29-32)30-20-11-13-22(14-12-20)34-21-9-5-4-6-10-21/h4-6,9-14,16-18,28,30H,7-8,15H2,1-3H3/t18-/m0/s1. The predicted octanol–water partition coefficient (Wildman–Crippen LogP) is 5.84. The summed E-state index contributed by atoms with van der Waals surface area (Å²) in [7, 11) is 1.87. The topological polar surface area (TPSA) is 70.9 Å². The third-order valence-electron chi connectivity index (χ3n) is 6.47. The van der Waals surface area contributed by atoms with Gasteiger partial charge in [-0.25, -0.2) is 4.52 Å². The molecule has 0 unspecified atom stereocenters. The summed E-state index contributed by atoms with van der Waals surface area (Å²) < 4.78 is 7.70. The minimum atomic E-state index is 0.0763. The second kappa shape index (κ2) is 9.09. The van der Waals surface area contributed by atoms with Gasteiger partial charge in [-0.1, -0.05) is 18.2 Å². The molecule has 0 aliphatic carbocycles. The summed E-state index contributed by atoms with van der Waals surface area (Å²) >= 11 is 0. The number of para-hydroxylation sites is 1. The van der Waals surface area contributed by atoms with E-state index in [1.165, 1.54) is 0 Å². The quantitative estimate of drug-likeness (QED) is 0.382. The number of likely N-dealkylation sites (tertiary alicyclic amines) is 1. The maximum absolute atomic E-state index is 13.3. The van der Waals surface area contributed by atoms with Gasteiger partial charge in [0.1, 0.15) is 11.5 Å². The van der Waals surface area contributed by atoms with Crippen LogP contribution < -0.4 is 15.4 Å². The van der Waals surface area contributed by atoms with E-state index in [-0.39, 0.29) is 11.9 Å². The third-order valence-corrected chi connectivity index (χ3v) is 6.47. The van der Waals surface area contributed by atoms with Gasteiger partial charge in [0, 0.05) is 31.5 Å². The number of aryl methyl sites for hydroxylation is 1. The fraction of sp³-hybridized carbons (Fsp3) is 0.259. The Labute approximate surface area is 199 Å². The van der Waals surface area contributed by atoms with Crippen molar-refractivity contribution in [3.63, 3.8) is 0 Å². The van der Waals surface area contributed by atoms with E-state index in [0.29, 0.717) is 5.56 Å². The molecule has 1 aliphatic rings. The van der Waals surface area contributed by atoms with Crippen LogP contribution in [0.1, 0.15) is 35.7 Å². The second-order valence-corrected chi connectivity index (χ2v) is 8.70. The highest BCUT2D eigenvalue weighted by molar-refractivity contribution is 6.01. The van der Waals surface area contributed by atoms with E-state index in [1.54, 1.807) is 10.7 Å². The van der Waals surface area contributed by atoms with Crippen molar-refractivity contribution in [2.24, 2.45) is 0 Å². The minimum absolute atomic E-state index is 0.0763. The average Bonchev–Trinajstić information content (AvgIpc) is 3.44. The van der Waals surface area contributed by atoms with Crippen molar-refractivity contribution in [1.82, 2.24) is 14.5 Å². The van der Waals surface area contributed by atoms with Crippen LogP contribution in [0, 0.1) is 6.92 Å². The van der Waals surface area contributed by atoms with Crippen LogP contribution in [-0.4, -0.2) is 40.1 Å². The summed E-state index contributed by atoms with van der Waals surface area (Å²) in [5, 5.41) is 11.3. The molecular weight excluding hydrogens is 426 g/mol. The van der Waals surface area contributed by atoms with Crippen LogP contribution in [0.5, 0.6) is 11.5 Å². The van der Waals surface area contributed by atoms with Gasteiger partial charge in [0.05, 0.1) is 28.7 Å². The van der Waals surface area contributed by atoms with Crippen molar-refractivity contribution in [3.05, 3.63) is 78.1 Å². The minimum Gasteiger partial charge on any atom is -0.457 e. The maximum atomic E-state index is 13.3. The number of ether oxygens (including phenoxy) is 1. The highest BCUT2D eigenvalue weighted by atomic mass is 16.5. The van der Waals surface area contributed by atoms with Gasteiger partial charge in [0.15, 0.2) is 0 Å². The van der Waals surface area contributed by atoms with Crippen LogP contribution in [-0.2, 0) is 0 Å². The Balaban J connectivity index is 1.46. The van der Waals surface area contributed by atoms with Crippen LogP contribution >= 0.6 is 0 Å². The number of benzene rings is 2. The lowest BCUT2D eigenvalue weighted by molar-refractivity contribution is 0.0747. The Bertz CT molecular complexity index is 1310. The molecule has 5 rings (SSSR count). The Hall–Kier alpha value is -4.00. The monoisotopic (exact) mass is 455 g/mol. The lowest BCUT2D eigenvalue weighted by atomic mass is 10.1. The summed E-state index contributed by atoms with van der Waals surface area (Å²) in [6.45, 7) is 4.92. The summed E-state index contributed by atoms with van der Waals surface area (Å²) in [6, 6.07) is 17.8. The zero-order valence-electron chi connectivity index (χ0n) is 19.7. The first kappa shape index (κ1) is 21.8. The third kappa shape index (κ3) is 4.05. The highest BCUT2D eigenvalue weighted by Gasteiger charge is 2.29. The number of hydrogen-bond donors (Lipinski definition) is 2. The van der Waals surface area contributed by atoms with Crippen molar-refractivity contribution < 1.29 is 9.53 Å². The smallest absolute Gasteiger partial charge is 0.256 e. The van der Waals surface area contributed by atoms with E-state index in [2.05, 4.69) is 22.7 Å². The molecular formula is C27H29N5O2. The molecule has 1 aliphatic heterocycles. The number of carbonyl (C=O) groups excluding carboxylic acids is 1. The summed E-state index contributed by atoms with van der Waals surface area (Å²) in [5.41, 5.74) is 5.13. The van der Waals surface area contributed by atoms with Crippen LogP contribution in [0.15, 0.2) is 67.0 Å². The van der Waals surface area contributed by atoms with Crippen molar-refractivity contribution in [1.29, 1.82) is 0 Å². The number of nitrogens with one attached hydrogen (secondary N) is 2. The number of nitrogens with zero attached hydrogens (tertiary/aromatic N) is 3. The van der Waals surface area contributed by atoms with E-state index in [9.17, 15) is 4.79 Å². The predicted molar refractivity (Wildman–Crippen MR) is 135 cm³/mol. The molecule has 2 aromatic heterocycles. The molecule has 0 bridgehead atoms. The van der Waals surface area contributed by atoms with Gasteiger partial charge < -0.3 is 20.3 Å². The molecule has 2 aromatic carbocycles. The number of carbonyl (C=O) groups is 1. The van der Waals surface area contributed by atoms with E-state index in [1.807, 2.05) is 79.7 Å². The molecule has 7 nitrogen and oxygen atoms in total. The molecule has 1 saturated heterocycles. The summed E-state index contributed by atoms with van der Waals surface area (Å²) in [4.78, 5) is 15.3. The molecule has 0 radical (unpaired) electrons. The Morgan fingerprint density at radius 2 is 1.82 bits per heavy atom. The Morgan fingerprint density at radius 1 is 1.09 bits per heavy atom. The summed E-state index contributed by atoms with van der Waals surface area (Å²) in [6.07, 6.45) is 5.73. The zero-order chi connectivity index (χ0) is 23.7. The SMILES string of the molecule is CNc1cnn2cc(C(=O)N3CCC[C@@H]3C)c(C)c2c1Nc1ccc(Oc2ccccc2)cc1. The first-order valence-electron chi connectivity index (χ1n) is 11.6. The largest absolute Gasteiger partial charge is 0.457 e. The average molecular weight is 456 g/mol. The molecule has 3 heterocycles. The van der Waals surface area contributed by atoms with Gasteiger partial charge >= 0.3 is 0 Å². The van der Waals surface area contributed by atoms with Crippen molar-refractivity contribution in [3.8, 4) is 11.5 Å². The number of anilines is 3. The van der Waals surface area contributed by atoms with Gasteiger partial charge in [0.25, 0.3) is 5.91 Å². The number of aromatic nitrogens is 2. The first-order chi connectivity index (χ1) is 16.5. The molecule has 1 amide bonds. The van der Waals surface area contributed by atoms with Crippen molar-refractivity contribution in [2.75, 3.05) is 24.2 Å². The first-order valence-corrected chi connectivity index (χ1v) is 11.6. The molecule has 4 aromatic rings. The van der Waals surface area contributed by atoms with E-state index >= 15 is 0 Å². The van der Waals surface area contributed by atoms with Gasteiger partial charge in [-0.2, -0.15) is 5.10 Å². The molecule has 1 fully saturated rings. The number of hydrogen-bond acceptors (Lipinski definition) is 5. The van der Waals surface area contributed by atoms with E-state index < -0.39 is 0 Å². The van der Waals surface area contributed by atoms with E-state index in [4.69, 9.17) is 4.74 Å². The zero-order valence-corrected chi connectivity index (χ0v) is 19.7. The number of fused-ring (bicyclic) bond motifs is 1. The van der Waals surface area contributed by atoms with Crippen molar-refractivity contribution in [2.45, 2.75) is 32.7 Å². The van der Waals surface area contributed by atoms with Crippen LogP contribution in [0.2, 0.25) is 0 Å².